The summed E-state index contributed by atoms with van der Waals surface area (Å²) >= 11 is 1.64. The van der Waals surface area contributed by atoms with Gasteiger partial charge in [-0.15, -0.1) is 11.3 Å². The Morgan fingerprint density at radius 2 is 2.17 bits per heavy atom. The van der Waals surface area contributed by atoms with Crippen LogP contribution in [0, 0.1) is 20.8 Å². The molecule has 0 aliphatic carbocycles. The average Bonchev–Trinajstić information content (AvgIpc) is 2.84. The molecule has 96 valence electrons. The third-order valence-electron chi connectivity index (χ3n) is 2.82. The van der Waals surface area contributed by atoms with Gasteiger partial charge in [-0.05, 0) is 20.8 Å². The van der Waals surface area contributed by atoms with Crippen molar-refractivity contribution in [1.82, 2.24) is 14.5 Å². The minimum atomic E-state index is -0.374. The highest BCUT2D eigenvalue weighted by atomic mass is 32.1. The number of thiazole rings is 1. The molecule has 6 heteroatoms. The number of ether oxygens (including phenoxy) is 1. The van der Waals surface area contributed by atoms with Crippen LogP contribution in [0.1, 0.15) is 31.9 Å². The molecule has 2 rings (SSSR count). The number of methoxy groups -OCH3 is 1. The molecule has 0 aliphatic heterocycles. The van der Waals surface area contributed by atoms with Gasteiger partial charge in [-0.1, -0.05) is 0 Å². The van der Waals surface area contributed by atoms with Crippen LogP contribution in [0.4, 0.5) is 0 Å². The molecule has 2 aromatic rings. The van der Waals surface area contributed by atoms with Gasteiger partial charge in [-0.25, -0.2) is 14.8 Å². The number of nitrogens with zero attached hydrogens (tertiary/aromatic N) is 3. The van der Waals surface area contributed by atoms with Crippen molar-refractivity contribution in [2.24, 2.45) is 0 Å². The predicted octanol–water partition coefficient (Wildman–Crippen LogP) is 2.10. The second-order valence-electron chi connectivity index (χ2n) is 4.02. The first-order chi connectivity index (χ1) is 8.52. The molecule has 2 heterocycles. The van der Waals surface area contributed by atoms with Gasteiger partial charge in [-0.2, -0.15) is 0 Å². The van der Waals surface area contributed by atoms with Gasteiger partial charge in [0.1, 0.15) is 16.5 Å². The maximum Gasteiger partial charge on any atom is 0.356 e. The summed E-state index contributed by atoms with van der Waals surface area (Å²) in [4.78, 5) is 21.4. The highest BCUT2D eigenvalue weighted by Crippen LogP contribution is 2.19. The third-order valence-corrected chi connectivity index (χ3v) is 3.87. The van der Waals surface area contributed by atoms with E-state index in [2.05, 4.69) is 9.97 Å². The fraction of sp³-hybridized carbons (Fsp3) is 0.417. The summed E-state index contributed by atoms with van der Waals surface area (Å²) in [7, 11) is 1.37. The Kier molecular flexibility index (Phi) is 3.47. The quantitative estimate of drug-likeness (QED) is 0.797. The fourth-order valence-corrected chi connectivity index (χ4v) is 2.60. The van der Waals surface area contributed by atoms with Gasteiger partial charge in [0.2, 0.25) is 0 Å². The lowest BCUT2D eigenvalue weighted by molar-refractivity contribution is 0.0588. The number of carbonyl (C=O) groups excluding carboxylic acids is 1. The Hall–Kier alpha value is -1.69. The second-order valence-corrected chi connectivity index (χ2v) is 5.31. The molecular weight excluding hydrogens is 250 g/mol. The molecule has 0 bridgehead atoms. The summed E-state index contributed by atoms with van der Waals surface area (Å²) in [6.45, 7) is 6.44. The van der Waals surface area contributed by atoms with E-state index in [4.69, 9.17) is 4.74 Å². The zero-order valence-electron chi connectivity index (χ0n) is 10.9. The molecule has 2 aromatic heterocycles. The van der Waals surface area contributed by atoms with Crippen LogP contribution in [0.15, 0.2) is 6.20 Å². The number of esters is 1. The first-order valence-corrected chi connectivity index (χ1v) is 6.38. The lowest BCUT2D eigenvalue weighted by Gasteiger charge is -2.06. The van der Waals surface area contributed by atoms with Crippen LogP contribution in [0.3, 0.4) is 0 Å². The van der Waals surface area contributed by atoms with Crippen LogP contribution in [0.25, 0.3) is 0 Å². The van der Waals surface area contributed by atoms with Crippen molar-refractivity contribution < 1.29 is 9.53 Å². The number of hydrogen-bond acceptors (Lipinski definition) is 5. The van der Waals surface area contributed by atoms with E-state index in [0.717, 1.165) is 16.5 Å². The Labute approximate surface area is 109 Å². The minimum Gasteiger partial charge on any atom is -0.464 e. The molecular formula is C12H15N3O2S. The van der Waals surface area contributed by atoms with Crippen molar-refractivity contribution in [3.63, 3.8) is 0 Å². The molecule has 0 unspecified atom stereocenters. The topological polar surface area (TPSA) is 57.0 Å². The minimum absolute atomic E-state index is 0.374. The lowest BCUT2D eigenvalue weighted by Crippen LogP contribution is -2.12. The zero-order valence-corrected chi connectivity index (χ0v) is 11.7. The number of hydrogen-bond donors (Lipinski definition) is 0. The van der Waals surface area contributed by atoms with Gasteiger partial charge < -0.3 is 9.30 Å². The number of rotatable bonds is 3. The van der Waals surface area contributed by atoms with Crippen molar-refractivity contribution in [1.29, 1.82) is 0 Å². The Balaban J connectivity index is 2.33. The lowest BCUT2D eigenvalue weighted by atomic mass is 10.4. The molecule has 0 fully saturated rings. The monoisotopic (exact) mass is 265 g/mol. The predicted molar refractivity (Wildman–Crippen MR) is 69.0 cm³/mol. The van der Waals surface area contributed by atoms with Crippen molar-refractivity contribution >= 4 is 17.3 Å². The van der Waals surface area contributed by atoms with Crippen LogP contribution in [-0.2, 0) is 11.3 Å². The molecule has 0 aromatic carbocycles. The van der Waals surface area contributed by atoms with E-state index in [9.17, 15) is 4.79 Å². The molecule has 18 heavy (non-hydrogen) atoms. The molecule has 5 nitrogen and oxygen atoms in total. The summed E-state index contributed by atoms with van der Waals surface area (Å²) in [5.41, 5.74) is 1.49. The molecule has 0 radical (unpaired) electrons. The van der Waals surface area contributed by atoms with Gasteiger partial charge in [0.05, 0.1) is 25.5 Å². The smallest absolute Gasteiger partial charge is 0.356 e. The molecule has 0 amide bonds. The van der Waals surface area contributed by atoms with Gasteiger partial charge in [0.15, 0.2) is 0 Å². The van der Waals surface area contributed by atoms with Crippen molar-refractivity contribution in [2.75, 3.05) is 7.11 Å². The van der Waals surface area contributed by atoms with E-state index in [-0.39, 0.29) is 5.97 Å². The summed E-state index contributed by atoms with van der Waals surface area (Å²) < 4.78 is 6.56. The maximum absolute atomic E-state index is 11.6. The third kappa shape index (κ3) is 2.28. The van der Waals surface area contributed by atoms with Gasteiger partial charge in [0, 0.05) is 4.88 Å². The van der Waals surface area contributed by atoms with Crippen LogP contribution >= 0.6 is 11.3 Å². The normalized spacial score (nSPS) is 10.7. The highest BCUT2D eigenvalue weighted by Gasteiger charge is 2.16. The number of imidazole rings is 1. The second kappa shape index (κ2) is 4.89. The van der Waals surface area contributed by atoms with E-state index in [1.807, 2.05) is 25.3 Å². The maximum atomic E-state index is 11.6. The van der Waals surface area contributed by atoms with E-state index in [1.54, 1.807) is 11.3 Å². The zero-order chi connectivity index (χ0) is 13.3. The Morgan fingerprint density at radius 1 is 1.44 bits per heavy atom. The molecule has 0 atom stereocenters. The van der Waals surface area contributed by atoms with E-state index >= 15 is 0 Å². The van der Waals surface area contributed by atoms with Gasteiger partial charge in [0.25, 0.3) is 0 Å². The van der Waals surface area contributed by atoms with Crippen LogP contribution in [0.2, 0.25) is 0 Å². The summed E-state index contributed by atoms with van der Waals surface area (Å²) in [6, 6.07) is 0. The molecule has 0 saturated heterocycles. The molecule has 0 spiro atoms. The van der Waals surface area contributed by atoms with Crippen LogP contribution in [0.5, 0.6) is 0 Å². The van der Waals surface area contributed by atoms with Crippen molar-refractivity contribution in [3.05, 3.63) is 33.3 Å². The summed E-state index contributed by atoms with van der Waals surface area (Å²) in [6.07, 6.45) is 1.54. The Bertz CT molecular complexity index is 567. The fourth-order valence-electron chi connectivity index (χ4n) is 1.68. The van der Waals surface area contributed by atoms with Crippen molar-refractivity contribution in [3.8, 4) is 0 Å². The van der Waals surface area contributed by atoms with Crippen LogP contribution in [-0.4, -0.2) is 27.6 Å². The SMILES string of the molecule is COC(=O)c1cnc(C)n1Cc1nc(C)c(C)s1. The average molecular weight is 265 g/mol. The number of aryl methyl sites for hydroxylation is 3. The number of carbonyl (C=O) groups is 1. The largest absolute Gasteiger partial charge is 0.464 e. The van der Waals surface area contributed by atoms with Crippen LogP contribution < -0.4 is 0 Å². The van der Waals surface area contributed by atoms with E-state index in [0.29, 0.717) is 12.2 Å². The van der Waals surface area contributed by atoms with E-state index < -0.39 is 0 Å². The number of aromatic nitrogens is 3. The van der Waals surface area contributed by atoms with Gasteiger partial charge >= 0.3 is 5.97 Å². The highest BCUT2D eigenvalue weighted by molar-refractivity contribution is 7.11. The van der Waals surface area contributed by atoms with Crippen molar-refractivity contribution in [2.45, 2.75) is 27.3 Å². The molecule has 0 aliphatic rings. The molecule has 0 N–H and O–H groups in total. The standard InChI is InChI=1S/C12H15N3O2S/c1-7-8(2)18-11(14-7)6-15-9(3)13-5-10(15)12(16)17-4/h5H,6H2,1-4H3. The Morgan fingerprint density at radius 3 is 2.72 bits per heavy atom. The summed E-state index contributed by atoms with van der Waals surface area (Å²) in [5.74, 6) is 0.404. The molecule has 0 saturated carbocycles. The first-order valence-electron chi connectivity index (χ1n) is 5.56. The van der Waals surface area contributed by atoms with Gasteiger partial charge in [-0.3, -0.25) is 0 Å². The van der Waals surface area contributed by atoms with E-state index in [1.165, 1.54) is 18.2 Å². The first kappa shape index (κ1) is 12.8. The summed E-state index contributed by atoms with van der Waals surface area (Å²) in [5, 5.41) is 0.969.